The molecule has 0 aromatic carbocycles. The van der Waals surface area contributed by atoms with Crippen LogP contribution in [0.2, 0.25) is 0 Å². The Balaban J connectivity index is 1.78. The lowest BCUT2D eigenvalue weighted by Gasteiger charge is -2.42. The van der Waals surface area contributed by atoms with E-state index in [0.717, 1.165) is 19.0 Å². The van der Waals surface area contributed by atoms with Gasteiger partial charge in [-0.25, -0.2) is 0 Å². The predicted octanol–water partition coefficient (Wildman–Crippen LogP) is 2.67. The fourth-order valence-electron chi connectivity index (χ4n) is 3.31. The molecule has 2 rings (SSSR count). The Morgan fingerprint density at radius 3 is 2.50 bits per heavy atom. The molecule has 2 aliphatic carbocycles. The molecule has 1 atom stereocenters. The summed E-state index contributed by atoms with van der Waals surface area (Å²) in [6.45, 7) is 6.71. The first-order valence-electron chi connectivity index (χ1n) is 7.05. The monoisotopic (exact) mass is 224 g/mol. The van der Waals surface area contributed by atoms with Crippen LogP contribution < -0.4 is 11.1 Å². The van der Waals surface area contributed by atoms with Crippen molar-refractivity contribution < 1.29 is 0 Å². The molecule has 0 aromatic heterocycles. The van der Waals surface area contributed by atoms with Gasteiger partial charge in [0.25, 0.3) is 0 Å². The predicted molar refractivity (Wildman–Crippen MR) is 69.4 cm³/mol. The third kappa shape index (κ3) is 2.43. The molecule has 0 bridgehead atoms. The number of hydrogen-bond acceptors (Lipinski definition) is 2. The van der Waals surface area contributed by atoms with Crippen molar-refractivity contribution in [2.75, 3.05) is 13.1 Å². The summed E-state index contributed by atoms with van der Waals surface area (Å²) in [5.41, 5.74) is 6.63. The molecule has 0 heterocycles. The standard InChI is InChI=1S/C14H28N2/c1-13(2)8-4-9-14(13,11-15)16-10-3-5-12-6-7-12/h12,16H,3-11,15H2,1-2H3. The number of nitrogens with two attached hydrogens (primary N) is 1. The van der Waals surface area contributed by atoms with Crippen molar-refractivity contribution in [1.82, 2.24) is 5.32 Å². The van der Waals surface area contributed by atoms with Gasteiger partial charge in [0, 0.05) is 12.1 Å². The van der Waals surface area contributed by atoms with Crippen LogP contribution in [0.1, 0.15) is 58.8 Å². The van der Waals surface area contributed by atoms with Crippen LogP contribution in [0.15, 0.2) is 0 Å². The highest BCUT2D eigenvalue weighted by Crippen LogP contribution is 2.45. The van der Waals surface area contributed by atoms with Gasteiger partial charge in [-0.1, -0.05) is 33.1 Å². The first kappa shape index (κ1) is 12.4. The Hall–Kier alpha value is -0.0800. The molecular weight excluding hydrogens is 196 g/mol. The summed E-state index contributed by atoms with van der Waals surface area (Å²) in [5, 5.41) is 3.79. The highest BCUT2D eigenvalue weighted by Gasteiger charge is 2.47. The maximum atomic E-state index is 6.04. The lowest BCUT2D eigenvalue weighted by molar-refractivity contribution is 0.163. The minimum absolute atomic E-state index is 0.219. The second-order valence-electron chi connectivity index (χ2n) is 6.54. The molecule has 0 amide bonds. The molecular formula is C14H28N2. The van der Waals surface area contributed by atoms with E-state index in [1.165, 1.54) is 44.9 Å². The van der Waals surface area contributed by atoms with Crippen LogP contribution in [0, 0.1) is 11.3 Å². The van der Waals surface area contributed by atoms with Gasteiger partial charge in [-0.05, 0) is 43.6 Å². The highest BCUT2D eigenvalue weighted by atomic mass is 15.0. The van der Waals surface area contributed by atoms with Gasteiger partial charge in [-0.2, -0.15) is 0 Å². The first-order valence-corrected chi connectivity index (χ1v) is 7.05. The summed E-state index contributed by atoms with van der Waals surface area (Å²) in [6.07, 6.45) is 9.64. The Kier molecular flexibility index (Phi) is 3.60. The van der Waals surface area contributed by atoms with E-state index >= 15 is 0 Å². The Bertz CT molecular complexity index is 233. The van der Waals surface area contributed by atoms with E-state index in [2.05, 4.69) is 19.2 Å². The summed E-state index contributed by atoms with van der Waals surface area (Å²) in [4.78, 5) is 0. The topological polar surface area (TPSA) is 38.0 Å². The highest BCUT2D eigenvalue weighted by molar-refractivity contribution is 5.05. The first-order chi connectivity index (χ1) is 7.60. The summed E-state index contributed by atoms with van der Waals surface area (Å²) < 4.78 is 0. The Morgan fingerprint density at radius 2 is 2.00 bits per heavy atom. The second-order valence-corrected chi connectivity index (χ2v) is 6.54. The molecule has 0 spiro atoms. The van der Waals surface area contributed by atoms with Crippen molar-refractivity contribution in [3.05, 3.63) is 0 Å². The number of nitrogens with one attached hydrogen (secondary N) is 1. The van der Waals surface area contributed by atoms with Gasteiger partial charge in [-0.3, -0.25) is 0 Å². The lowest BCUT2D eigenvalue weighted by Crippen LogP contribution is -2.58. The zero-order valence-electron chi connectivity index (χ0n) is 11.0. The largest absolute Gasteiger partial charge is 0.329 e. The number of hydrogen-bond donors (Lipinski definition) is 2. The SMILES string of the molecule is CC1(C)CCCC1(CN)NCCCC1CC1. The maximum absolute atomic E-state index is 6.04. The van der Waals surface area contributed by atoms with Gasteiger partial charge in [0.15, 0.2) is 0 Å². The van der Waals surface area contributed by atoms with Gasteiger partial charge in [0.05, 0.1) is 0 Å². The van der Waals surface area contributed by atoms with Crippen molar-refractivity contribution in [2.24, 2.45) is 17.1 Å². The third-order valence-electron chi connectivity index (χ3n) is 5.00. The van der Waals surface area contributed by atoms with E-state index in [0.29, 0.717) is 5.41 Å². The van der Waals surface area contributed by atoms with E-state index in [-0.39, 0.29) is 5.54 Å². The molecule has 0 aromatic rings. The zero-order valence-corrected chi connectivity index (χ0v) is 11.0. The lowest BCUT2D eigenvalue weighted by atomic mass is 9.75. The van der Waals surface area contributed by atoms with Crippen molar-refractivity contribution >= 4 is 0 Å². The van der Waals surface area contributed by atoms with Crippen molar-refractivity contribution in [3.8, 4) is 0 Å². The average Bonchev–Trinajstić information content (AvgIpc) is 3.00. The average molecular weight is 224 g/mol. The smallest absolute Gasteiger partial charge is 0.0355 e. The van der Waals surface area contributed by atoms with Gasteiger partial charge in [0.1, 0.15) is 0 Å². The van der Waals surface area contributed by atoms with Crippen LogP contribution in [-0.4, -0.2) is 18.6 Å². The van der Waals surface area contributed by atoms with Crippen LogP contribution in [0.5, 0.6) is 0 Å². The minimum atomic E-state index is 0.219. The van der Waals surface area contributed by atoms with Crippen LogP contribution in [0.4, 0.5) is 0 Å². The molecule has 3 N–H and O–H groups in total. The molecule has 2 aliphatic rings. The third-order valence-corrected chi connectivity index (χ3v) is 5.00. The van der Waals surface area contributed by atoms with E-state index in [9.17, 15) is 0 Å². The molecule has 0 saturated heterocycles. The fourth-order valence-corrected chi connectivity index (χ4v) is 3.31. The summed E-state index contributed by atoms with van der Waals surface area (Å²) in [6, 6.07) is 0. The maximum Gasteiger partial charge on any atom is 0.0355 e. The molecule has 1 unspecified atom stereocenters. The van der Waals surface area contributed by atoms with Crippen molar-refractivity contribution in [3.63, 3.8) is 0 Å². The number of rotatable bonds is 6. The van der Waals surface area contributed by atoms with Crippen LogP contribution >= 0.6 is 0 Å². The molecule has 0 radical (unpaired) electrons. The fraction of sp³-hybridized carbons (Fsp3) is 1.00. The van der Waals surface area contributed by atoms with Crippen LogP contribution in [0.25, 0.3) is 0 Å². The summed E-state index contributed by atoms with van der Waals surface area (Å²) in [5.74, 6) is 1.06. The van der Waals surface area contributed by atoms with Gasteiger partial charge < -0.3 is 11.1 Å². The van der Waals surface area contributed by atoms with E-state index in [4.69, 9.17) is 5.73 Å². The van der Waals surface area contributed by atoms with Crippen LogP contribution in [0.3, 0.4) is 0 Å². The molecule has 2 fully saturated rings. The van der Waals surface area contributed by atoms with Crippen LogP contribution in [-0.2, 0) is 0 Å². The second kappa shape index (κ2) is 4.66. The quantitative estimate of drug-likeness (QED) is 0.681. The molecule has 2 nitrogen and oxygen atoms in total. The molecule has 16 heavy (non-hydrogen) atoms. The van der Waals surface area contributed by atoms with Gasteiger partial charge in [0.2, 0.25) is 0 Å². The summed E-state index contributed by atoms with van der Waals surface area (Å²) >= 11 is 0. The minimum Gasteiger partial charge on any atom is -0.329 e. The van der Waals surface area contributed by atoms with Crippen molar-refractivity contribution in [2.45, 2.75) is 64.3 Å². The van der Waals surface area contributed by atoms with Gasteiger partial charge in [-0.15, -0.1) is 0 Å². The normalized spacial score (nSPS) is 33.2. The van der Waals surface area contributed by atoms with Gasteiger partial charge >= 0.3 is 0 Å². The Labute approximate surface area is 100 Å². The molecule has 2 heteroatoms. The van der Waals surface area contributed by atoms with E-state index in [1.807, 2.05) is 0 Å². The van der Waals surface area contributed by atoms with E-state index in [1.54, 1.807) is 0 Å². The zero-order chi connectivity index (χ0) is 11.6. The summed E-state index contributed by atoms with van der Waals surface area (Å²) in [7, 11) is 0. The molecule has 0 aliphatic heterocycles. The Morgan fingerprint density at radius 1 is 1.25 bits per heavy atom. The van der Waals surface area contributed by atoms with Crippen molar-refractivity contribution in [1.29, 1.82) is 0 Å². The molecule has 94 valence electrons. The van der Waals surface area contributed by atoms with E-state index < -0.39 is 0 Å². The molecule has 2 saturated carbocycles.